The largest absolute Gasteiger partial charge is 0.496 e. The van der Waals surface area contributed by atoms with Crippen LogP contribution in [0.15, 0.2) is 24.4 Å². The predicted octanol–water partition coefficient (Wildman–Crippen LogP) is 2.43. The molecule has 108 valence electrons. The number of nitrogens with two attached hydrogens (primary N) is 1. The maximum absolute atomic E-state index is 6.07. The lowest BCUT2D eigenvalue weighted by molar-refractivity contribution is 0.187. The van der Waals surface area contributed by atoms with Crippen LogP contribution in [0.5, 0.6) is 5.75 Å². The van der Waals surface area contributed by atoms with Crippen LogP contribution in [-0.4, -0.2) is 30.8 Å². The number of H-pyrrole nitrogens is 1. The summed E-state index contributed by atoms with van der Waals surface area (Å²) in [7, 11) is 3.33. The van der Waals surface area contributed by atoms with Gasteiger partial charge in [0.25, 0.3) is 0 Å². The van der Waals surface area contributed by atoms with E-state index < -0.39 is 0 Å². The number of nitrogens with one attached hydrogen (secondary N) is 1. The lowest BCUT2D eigenvalue weighted by atomic mass is 10.1. The summed E-state index contributed by atoms with van der Waals surface area (Å²) >= 11 is 0. The molecule has 0 spiro atoms. The van der Waals surface area contributed by atoms with Crippen LogP contribution in [0.3, 0.4) is 0 Å². The number of aromatic nitrogens is 2. The molecule has 0 saturated carbocycles. The number of methoxy groups -OCH3 is 2. The van der Waals surface area contributed by atoms with Crippen LogP contribution in [0, 0.1) is 6.92 Å². The normalized spacial score (nSPS) is 12.4. The lowest BCUT2D eigenvalue weighted by Gasteiger charge is -2.09. The van der Waals surface area contributed by atoms with Crippen LogP contribution in [0.25, 0.3) is 11.3 Å². The fraction of sp³-hybridized carbons (Fsp3) is 0.400. The van der Waals surface area contributed by atoms with E-state index in [2.05, 4.69) is 16.0 Å². The average molecular weight is 275 g/mol. The minimum absolute atomic E-state index is 0.153. The molecule has 2 aromatic rings. The molecule has 0 bridgehead atoms. The summed E-state index contributed by atoms with van der Waals surface area (Å²) < 4.78 is 10.4. The van der Waals surface area contributed by atoms with E-state index in [1.54, 1.807) is 20.4 Å². The average Bonchev–Trinajstić information content (AvgIpc) is 2.94. The number of hydrogen-bond acceptors (Lipinski definition) is 4. The molecule has 5 heteroatoms. The van der Waals surface area contributed by atoms with Gasteiger partial charge in [0.15, 0.2) is 0 Å². The highest BCUT2D eigenvalue weighted by atomic mass is 16.5. The van der Waals surface area contributed by atoms with Gasteiger partial charge >= 0.3 is 0 Å². The van der Waals surface area contributed by atoms with Gasteiger partial charge in [-0.2, -0.15) is 0 Å². The van der Waals surface area contributed by atoms with Crippen LogP contribution in [0.1, 0.15) is 23.9 Å². The first kappa shape index (κ1) is 14.6. The van der Waals surface area contributed by atoms with Gasteiger partial charge in [0.2, 0.25) is 0 Å². The number of imidazole rings is 1. The Kier molecular flexibility index (Phi) is 4.76. The first-order valence-corrected chi connectivity index (χ1v) is 6.60. The Morgan fingerprint density at radius 1 is 1.35 bits per heavy atom. The zero-order valence-corrected chi connectivity index (χ0v) is 12.1. The molecule has 0 aliphatic carbocycles. The number of rotatable bonds is 6. The molecule has 3 N–H and O–H groups in total. The van der Waals surface area contributed by atoms with Gasteiger partial charge in [-0.3, -0.25) is 0 Å². The Morgan fingerprint density at radius 3 is 2.85 bits per heavy atom. The molecule has 20 heavy (non-hydrogen) atoms. The number of aromatic amines is 1. The van der Waals surface area contributed by atoms with Gasteiger partial charge in [-0.25, -0.2) is 4.98 Å². The smallest absolute Gasteiger partial charge is 0.128 e. The van der Waals surface area contributed by atoms with Gasteiger partial charge in [-0.15, -0.1) is 0 Å². The summed E-state index contributed by atoms with van der Waals surface area (Å²) in [6.45, 7) is 2.66. The van der Waals surface area contributed by atoms with E-state index >= 15 is 0 Å². The van der Waals surface area contributed by atoms with Gasteiger partial charge in [-0.05, 0) is 25.5 Å². The zero-order chi connectivity index (χ0) is 14.5. The molecule has 2 rings (SSSR count). The van der Waals surface area contributed by atoms with E-state index in [0.717, 1.165) is 29.3 Å². The van der Waals surface area contributed by atoms with Crippen molar-refractivity contribution in [3.63, 3.8) is 0 Å². The SMILES string of the molecule is COCCC(N)c1ncc(-c2cc(C)ccc2OC)[nH]1. The van der Waals surface area contributed by atoms with Gasteiger partial charge < -0.3 is 20.2 Å². The minimum atomic E-state index is -0.153. The predicted molar refractivity (Wildman–Crippen MR) is 78.7 cm³/mol. The highest BCUT2D eigenvalue weighted by Gasteiger charge is 2.13. The summed E-state index contributed by atoms with van der Waals surface area (Å²) in [4.78, 5) is 7.63. The second-order valence-electron chi connectivity index (χ2n) is 4.77. The fourth-order valence-corrected chi connectivity index (χ4v) is 2.08. The lowest BCUT2D eigenvalue weighted by Crippen LogP contribution is -2.14. The summed E-state index contributed by atoms with van der Waals surface area (Å²) in [6, 6.07) is 5.89. The van der Waals surface area contributed by atoms with Gasteiger partial charge in [0.1, 0.15) is 11.6 Å². The molecular weight excluding hydrogens is 254 g/mol. The van der Waals surface area contributed by atoms with Crippen molar-refractivity contribution < 1.29 is 9.47 Å². The number of aryl methyl sites for hydroxylation is 1. The van der Waals surface area contributed by atoms with Gasteiger partial charge in [0, 0.05) is 19.3 Å². The first-order valence-electron chi connectivity index (χ1n) is 6.60. The standard InChI is InChI=1S/C15H21N3O2/c1-10-4-5-14(20-3)11(8-10)13-9-17-15(18-13)12(16)6-7-19-2/h4-5,8-9,12H,6-7,16H2,1-3H3,(H,17,18). The molecule has 0 aliphatic rings. The third kappa shape index (κ3) is 3.18. The summed E-state index contributed by atoms with van der Waals surface area (Å²) in [6.07, 6.45) is 2.52. The van der Waals surface area contributed by atoms with E-state index in [0.29, 0.717) is 6.61 Å². The van der Waals surface area contributed by atoms with E-state index in [1.807, 2.05) is 19.1 Å². The first-order chi connectivity index (χ1) is 9.65. The maximum atomic E-state index is 6.07. The van der Waals surface area contributed by atoms with Crippen molar-refractivity contribution in [3.05, 3.63) is 35.8 Å². The number of nitrogens with zero attached hydrogens (tertiary/aromatic N) is 1. The Bertz CT molecular complexity index is 566. The second kappa shape index (κ2) is 6.54. The Morgan fingerprint density at radius 2 is 2.15 bits per heavy atom. The summed E-state index contributed by atoms with van der Waals surface area (Å²) in [5.41, 5.74) is 9.14. The molecule has 1 aromatic heterocycles. The van der Waals surface area contributed by atoms with Crippen molar-refractivity contribution in [3.8, 4) is 17.0 Å². The van der Waals surface area contributed by atoms with E-state index in [9.17, 15) is 0 Å². The van der Waals surface area contributed by atoms with E-state index in [-0.39, 0.29) is 6.04 Å². The molecule has 0 aliphatic heterocycles. The molecule has 5 nitrogen and oxygen atoms in total. The highest BCUT2D eigenvalue weighted by molar-refractivity contribution is 5.67. The Balaban J connectivity index is 2.26. The van der Waals surface area contributed by atoms with Crippen LogP contribution in [0.4, 0.5) is 0 Å². The molecule has 1 aromatic carbocycles. The fourth-order valence-electron chi connectivity index (χ4n) is 2.08. The van der Waals surface area contributed by atoms with Gasteiger partial charge in [-0.1, -0.05) is 11.6 Å². The zero-order valence-electron chi connectivity index (χ0n) is 12.1. The Labute approximate surface area is 119 Å². The molecule has 1 heterocycles. The van der Waals surface area contributed by atoms with Crippen molar-refractivity contribution in [2.45, 2.75) is 19.4 Å². The molecule has 0 radical (unpaired) electrons. The number of hydrogen-bond donors (Lipinski definition) is 2. The van der Waals surface area contributed by atoms with Crippen molar-refractivity contribution in [2.75, 3.05) is 20.8 Å². The van der Waals surface area contributed by atoms with Crippen molar-refractivity contribution >= 4 is 0 Å². The van der Waals surface area contributed by atoms with Crippen molar-refractivity contribution in [1.29, 1.82) is 0 Å². The third-order valence-corrected chi connectivity index (χ3v) is 3.22. The van der Waals surface area contributed by atoms with Crippen LogP contribution >= 0.6 is 0 Å². The van der Waals surface area contributed by atoms with Crippen LogP contribution < -0.4 is 10.5 Å². The third-order valence-electron chi connectivity index (χ3n) is 3.22. The van der Waals surface area contributed by atoms with E-state index in [4.69, 9.17) is 15.2 Å². The molecule has 0 saturated heterocycles. The number of ether oxygens (including phenoxy) is 2. The van der Waals surface area contributed by atoms with Gasteiger partial charge in [0.05, 0.1) is 25.0 Å². The highest BCUT2D eigenvalue weighted by Crippen LogP contribution is 2.30. The second-order valence-corrected chi connectivity index (χ2v) is 4.77. The maximum Gasteiger partial charge on any atom is 0.128 e. The monoisotopic (exact) mass is 275 g/mol. The summed E-state index contributed by atoms with van der Waals surface area (Å²) in [5, 5.41) is 0. The summed E-state index contributed by atoms with van der Waals surface area (Å²) in [5.74, 6) is 1.58. The quantitative estimate of drug-likeness (QED) is 0.849. The van der Waals surface area contributed by atoms with Crippen molar-refractivity contribution in [2.24, 2.45) is 5.73 Å². The van der Waals surface area contributed by atoms with Crippen LogP contribution in [-0.2, 0) is 4.74 Å². The van der Waals surface area contributed by atoms with Crippen LogP contribution in [0.2, 0.25) is 0 Å². The van der Waals surface area contributed by atoms with Crippen molar-refractivity contribution in [1.82, 2.24) is 9.97 Å². The minimum Gasteiger partial charge on any atom is -0.496 e. The molecule has 1 atom stereocenters. The Hall–Kier alpha value is -1.85. The molecule has 0 amide bonds. The molecule has 1 unspecified atom stereocenters. The molecular formula is C15H21N3O2. The molecule has 0 fully saturated rings. The van der Waals surface area contributed by atoms with E-state index in [1.165, 1.54) is 5.56 Å². The topological polar surface area (TPSA) is 73.2 Å². The number of benzene rings is 1.